The Labute approximate surface area is 255 Å². The lowest BCUT2D eigenvalue weighted by molar-refractivity contribution is -0.166. The van der Waals surface area contributed by atoms with Crippen LogP contribution in [0.4, 0.5) is 4.79 Å². The smallest absolute Gasteiger partial charge is 0.422 e. The zero-order valence-electron chi connectivity index (χ0n) is 26.9. The number of carbonyl (C=O) groups is 4. The van der Waals surface area contributed by atoms with Crippen LogP contribution in [0.1, 0.15) is 100.0 Å². The average molecular weight is 629 g/mol. The van der Waals surface area contributed by atoms with Gasteiger partial charge in [0.05, 0.1) is 6.42 Å². The Hall–Kier alpha value is -3.19. The van der Waals surface area contributed by atoms with Crippen LogP contribution in [0.25, 0.3) is 0 Å². The van der Waals surface area contributed by atoms with Gasteiger partial charge in [0, 0.05) is 13.0 Å². The van der Waals surface area contributed by atoms with Crippen molar-refractivity contribution in [2.75, 3.05) is 6.54 Å². The largest absolute Gasteiger partial charge is 0.460 e. The van der Waals surface area contributed by atoms with Crippen LogP contribution < -0.4 is 4.72 Å². The summed E-state index contributed by atoms with van der Waals surface area (Å²) in [5.74, 6) is -2.22. The van der Waals surface area contributed by atoms with Crippen molar-refractivity contribution in [2.45, 2.75) is 124 Å². The SMILES string of the molecule is CC(C)(C)OC(=O)CCCCCN([C@@H](CC(=O)OC(C)(C)C)C(=O)OC(C)(C)C)S(=O)(=O)NC(=O)OCc1ccccc1. The molecule has 1 amide bonds. The zero-order chi connectivity index (χ0) is 33.1. The molecule has 0 bridgehead atoms. The first-order chi connectivity index (χ1) is 19.6. The lowest BCUT2D eigenvalue weighted by atomic mass is 10.1. The summed E-state index contributed by atoms with van der Waals surface area (Å²) in [6.45, 7) is 14.5. The Kier molecular flexibility index (Phi) is 14.1. The molecule has 0 aliphatic carbocycles. The first-order valence-corrected chi connectivity index (χ1v) is 15.7. The van der Waals surface area contributed by atoms with Crippen molar-refractivity contribution in [2.24, 2.45) is 0 Å². The fourth-order valence-electron chi connectivity index (χ4n) is 3.68. The quantitative estimate of drug-likeness (QED) is 0.173. The van der Waals surface area contributed by atoms with Gasteiger partial charge in [0.15, 0.2) is 0 Å². The van der Waals surface area contributed by atoms with E-state index in [9.17, 15) is 27.6 Å². The molecule has 244 valence electrons. The van der Waals surface area contributed by atoms with Gasteiger partial charge in [0.1, 0.15) is 29.5 Å². The molecule has 0 spiro atoms. The number of hydrogen-bond acceptors (Lipinski definition) is 10. The third-order valence-electron chi connectivity index (χ3n) is 5.22. The highest BCUT2D eigenvalue weighted by Crippen LogP contribution is 2.20. The van der Waals surface area contributed by atoms with E-state index in [0.717, 1.165) is 0 Å². The Bertz CT molecular complexity index is 1180. The second-order valence-electron chi connectivity index (χ2n) is 13.0. The third-order valence-corrected chi connectivity index (χ3v) is 6.70. The maximum atomic E-state index is 13.5. The Morgan fingerprint density at radius 3 is 1.84 bits per heavy atom. The van der Waals surface area contributed by atoms with E-state index in [-0.39, 0.29) is 26.0 Å². The number of unbranched alkanes of at least 4 members (excludes halogenated alkanes) is 2. The predicted molar refractivity (Wildman–Crippen MR) is 160 cm³/mol. The van der Waals surface area contributed by atoms with Gasteiger partial charge < -0.3 is 18.9 Å². The van der Waals surface area contributed by atoms with Crippen LogP contribution in [0, 0.1) is 0 Å². The number of nitrogens with zero attached hydrogens (tertiary/aromatic N) is 1. The van der Waals surface area contributed by atoms with E-state index in [1.54, 1.807) is 92.6 Å². The molecule has 1 atom stereocenters. The first kappa shape index (κ1) is 37.8. The van der Waals surface area contributed by atoms with Gasteiger partial charge in [0.2, 0.25) is 0 Å². The molecule has 0 saturated heterocycles. The van der Waals surface area contributed by atoms with Crippen molar-refractivity contribution in [3.63, 3.8) is 0 Å². The summed E-state index contributed by atoms with van der Waals surface area (Å²) < 4.78 is 50.8. The lowest BCUT2D eigenvalue weighted by Gasteiger charge is -2.32. The van der Waals surface area contributed by atoms with Crippen molar-refractivity contribution in [3.8, 4) is 0 Å². The second kappa shape index (κ2) is 16.0. The van der Waals surface area contributed by atoms with Crippen molar-refractivity contribution < 1.29 is 46.5 Å². The Morgan fingerprint density at radius 2 is 1.30 bits per heavy atom. The molecule has 0 aromatic heterocycles. The monoisotopic (exact) mass is 628 g/mol. The van der Waals surface area contributed by atoms with Gasteiger partial charge in [-0.15, -0.1) is 0 Å². The topological polar surface area (TPSA) is 155 Å². The number of rotatable bonds is 14. The minimum Gasteiger partial charge on any atom is -0.460 e. The van der Waals surface area contributed by atoms with Gasteiger partial charge in [-0.05, 0) is 80.7 Å². The van der Waals surface area contributed by atoms with E-state index in [4.69, 9.17) is 18.9 Å². The van der Waals surface area contributed by atoms with Gasteiger partial charge >= 0.3 is 34.2 Å². The van der Waals surface area contributed by atoms with Crippen LogP contribution in [0.2, 0.25) is 0 Å². The lowest BCUT2D eigenvalue weighted by Crippen LogP contribution is -2.53. The maximum absolute atomic E-state index is 13.5. The summed E-state index contributed by atoms with van der Waals surface area (Å²) in [6, 6.07) is 7.00. The van der Waals surface area contributed by atoms with E-state index in [1.807, 2.05) is 4.72 Å². The number of amides is 1. The van der Waals surface area contributed by atoms with Crippen LogP contribution in [0.5, 0.6) is 0 Å². The zero-order valence-corrected chi connectivity index (χ0v) is 27.7. The standard InChI is InChI=1S/C30H48N2O10S/c1-28(2,3)40-24(33)18-14-11-15-19-32(43(37,38)31-27(36)39-21-22-16-12-10-13-17-22)23(26(35)42-30(7,8)9)20-25(34)41-29(4,5)6/h10,12-13,16-17,23H,11,14-15,18-21H2,1-9H3,(H,31,36)/t23-/m0/s1. The number of nitrogens with one attached hydrogen (secondary N) is 1. The molecule has 1 aromatic carbocycles. The minimum atomic E-state index is -4.73. The van der Waals surface area contributed by atoms with E-state index in [1.165, 1.54) is 0 Å². The van der Waals surface area contributed by atoms with Crippen molar-refractivity contribution >= 4 is 34.2 Å². The molecule has 1 aromatic rings. The molecule has 13 heteroatoms. The Balaban J connectivity index is 3.20. The van der Waals surface area contributed by atoms with Gasteiger partial charge in [0.25, 0.3) is 0 Å². The molecule has 0 radical (unpaired) electrons. The summed E-state index contributed by atoms with van der Waals surface area (Å²) in [7, 11) is -4.73. The molecular formula is C30H48N2O10S. The van der Waals surface area contributed by atoms with Gasteiger partial charge in [-0.3, -0.25) is 14.4 Å². The van der Waals surface area contributed by atoms with Crippen LogP contribution in [0.15, 0.2) is 30.3 Å². The van der Waals surface area contributed by atoms with Crippen molar-refractivity contribution in [1.29, 1.82) is 0 Å². The normalized spacial score (nSPS) is 13.2. The van der Waals surface area contributed by atoms with Gasteiger partial charge in [-0.25, -0.2) is 9.52 Å². The maximum Gasteiger partial charge on any atom is 0.422 e. The van der Waals surface area contributed by atoms with Crippen LogP contribution >= 0.6 is 0 Å². The summed E-state index contributed by atoms with van der Waals surface area (Å²) in [6.07, 6.45) is -0.850. The average Bonchev–Trinajstić information content (AvgIpc) is 2.80. The molecule has 0 heterocycles. The summed E-state index contributed by atoms with van der Waals surface area (Å²) in [4.78, 5) is 50.7. The second-order valence-corrected chi connectivity index (χ2v) is 14.6. The van der Waals surface area contributed by atoms with Crippen LogP contribution in [-0.4, -0.2) is 66.1 Å². The number of esters is 3. The highest BCUT2D eigenvalue weighted by molar-refractivity contribution is 7.87. The fourth-order valence-corrected chi connectivity index (χ4v) is 4.93. The van der Waals surface area contributed by atoms with Crippen LogP contribution in [-0.2, 0) is 50.1 Å². The summed E-state index contributed by atoms with van der Waals surface area (Å²) in [5.41, 5.74) is -1.91. The molecule has 0 aliphatic heterocycles. The molecule has 0 unspecified atom stereocenters. The molecule has 0 saturated carbocycles. The molecule has 12 nitrogen and oxygen atoms in total. The van der Waals surface area contributed by atoms with E-state index in [0.29, 0.717) is 22.7 Å². The number of hydrogen-bond donors (Lipinski definition) is 1. The van der Waals surface area contributed by atoms with E-state index in [2.05, 4.69) is 0 Å². The predicted octanol–water partition coefficient (Wildman–Crippen LogP) is 4.80. The molecular weight excluding hydrogens is 580 g/mol. The third kappa shape index (κ3) is 16.9. The summed E-state index contributed by atoms with van der Waals surface area (Å²) in [5, 5.41) is 0. The minimum absolute atomic E-state index is 0.113. The van der Waals surface area contributed by atoms with E-state index >= 15 is 0 Å². The van der Waals surface area contributed by atoms with Gasteiger partial charge in [-0.1, -0.05) is 36.8 Å². The Morgan fingerprint density at radius 1 is 0.767 bits per heavy atom. The summed E-state index contributed by atoms with van der Waals surface area (Å²) >= 11 is 0. The molecule has 43 heavy (non-hydrogen) atoms. The fraction of sp³-hybridized carbons (Fsp3) is 0.667. The molecule has 0 fully saturated rings. The molecule has 1 rings (SSSR count). The van der Waals surface area contributed by atoms with E-state index < -0.39 is 63.5 Å². The number of ether oxygens (including phenoxy) is 4. The van der Waals surface area contributed by atoms with Crippen molar-refractivity contribution in [1.82, 2.24) is 9.03 Å². The highest BCUT2D eigenvalue weighted by atomic mass is 32.2. The molecule has 1 N–H and O–H groups in total. The number of benzene rings is 1. The van der Waals surface area contributed by atoms with Crippen molar-refractivity contribution in [3.05, 3.63) is 35.9 Å². The number of carbonyl (C=O) groups excluding carboxylic acids is 4. The first-order valence-electron chi connectivity index (χ1n) is 14.2. The molecule has 0 aliphatic rings. The highest BCUT2D eigenvalue weighted by Gasteiger charge is 2.40. The van der Waals surface area contributed by atoms with Crippen LogP contribution in [0.3, 0.4) is 0 Å². The van der Waals surface area contributed by atoms with Gasteiger partial charge in [-0.2, -0.15) is 12.7 Å².